The van der Waals surface area contributed by atoms with Crippen LogP contribution in [-0.2, 0) is 20.3 Å². The van der Waals surface area contributed by atoms with E-state index in [1.165, 1.54) is 0 Å². The van der Waals surface area contributed by atoms with Crippen molar-refractivity contribution in [3.05, 3.63) is 23.3 Å². The topological polar surface area (TPSA) is 63.2 Å². The third-order valence-corrected chi connectivity index (χ3v) is 9.34. The van der Waals surface area contributed by atoms with E-state index >= 15 is 0 Å². The molecule has 0 amide bonds. The van der Waals surface area contributed by atoms with Crippen LogP contribution in [0.15, 0.2) is 12.1 Å². The van der Waals surface area contributed by atoms with Crippen molar-refractivity contribution in [3.63, 3.8) is 0 Å². The summed E-state index contributed by atoms with van der Waals surface area (Å²) in [5.74, 6) is 1.05. The molecule has 0 saturated heterocycles. The molecule has 154 valence electrons. The van der Waals surface area contributed by atoms with Gasteiger partial charge in [0.15, 0.2) is 33.4 Å². The van der Waals surface area contributed by atoms with Crippen molar-refractivity contribution in [2.24, 2.45) is 0 Å². The molecule has 0 radical (unpaired) electrons. The maximum absolute atomic E-state index is 11.3. The Kier molecular flexibility index (Phi) is 9.45. The molecule has 27 heavy (non-hydrogen) atoms. The van der Waals surface area contributed by atoms with Crippen LogP contribution >= 0.6 is 0 Å². The first-order valence-corrected chi connectivity index (χ1v) is 12.1. The summed E-state index contributed by atoms with van der Waals surface area (Å²) in [6, 6.07) is 3.47. The molecule has 1 rings (SSSR count). The smallest absolute Gasteiger partial charge is 0.191 e. The Labute approximate surface area is 164 Å². The average molecular weight is 399 g/mol. The number of aryl methyl sites for hydroxylation is 1. The molecule has 0 aliphatic carbocycles. The van der Waals surface area contributed by atoms with Gasteiger partial charge in [0.25, 0.3) is 0 Å². The molecule has 0 aliphatic heterocycles. The predicted molar refractivity (Wildman–Crippen MR) is 108 cm³/mol. The zero-order chi connectivity index (χ0) is 20.5. The molecule has 6 nitrogen and oxygen atoms in total. The van der Waals surface area contributed by atoms with Gasteiger partial charge in [-0.1, -0.05) is 20.8 Å². The lowest BCUT2D eigenvalue weighted by molar-refractivity contribution is 0.0316. The summed E-state index contributed by atoms with van der Waals surface area (Å²) in [5, 5.41) is 0.179. The van der Waals surface area contributed by atoms with Crippen LogP contribution in [0.25, 0.3) is 0 Å². The zero-order valence-corrected chi connectivity index (χ0v) is 18.7. The lowest BCUT2D eigenvalue weighted by atomic mass is 10.0. The molecule has 0 bridgehead atoms. The van der Waals surface area contributed by atoms with E-state index in [0.29, 0.717) is 30.1 Å². The molecule has 0 saturated carbocycles. The Morgan fingerprint density at radius 1 is 1.04 bits per heavy atom. The number of carbonyl (C=O) groups is 1. The van der Waals surface area contributed by atoms with Crippen molar-refractivity contribution in [2.45, 2.75) is 51.7 Å². The summed E-state index contributed by atoms with van der Waals surface area (Å²) in [7, 11) is 1.33. The maximum atomic E-state index is 11.3. The molecule has 0 unspecified atom stereocenters. The average Bonchev–Trinajstić information content (AvgIpc) is 2.61. The highest BCUT2D eigenvalue weighted by molar-refractivity contribution is 6.74. The lowest BCUT2D eigenvalue weighted by Gasteiger charge is -2.36. The summed E-state index contributed by atoms with van der Waals surface area (Å²) < 4.78 is 27.5. The van der Waals surface area contributed by atoms with E-state index < -0.39 is 8.32 Å². The van der Waals surface area contributed by atoms with E-state index in [1.807, 2.05) is 6.07 Å². The maximum Gasteiger partial charge on any atom is 0.191 e. The summed E-state index contributed by atoms with van der Waals surface area (Å²) in [5.41, 5.74) is 1.42. The minimum absolute atomic E-state index is 0.0690. The minimum Gasteiger partial charge on any atom is -0.464 e. The van der Waals surface area contributed by atoms with Gasteiger partial charge in [-0.3, -0.25) is 4.79 Å². The molecule has 0 spiro atoms. The third-order valence-electron chi connectivity index (χ3n) is 4.80. The van der Waals surface area contributed by atoms with Gasteiger partial charge in [0, 0.05) is 26.4 Å². The van der Waals surface area contributed by atoms with Crippen molar-refractivity contribution in [1.82, 2.24) is 0 Å². The lowest BCUT2D eigenvalue weighted by Crippen LogP contribution is -2.41. The summed E-state index contributed by atoms with van der Waals surface area (Å²) in [6.45, 7) is 12.0. The number of carbonyl (C=O) groups excluding carboxylic acids is 1. The van der Waals surface area contributed by atoms with Gasteiger partial charge in [0.05, 0.1) is 0 Å². The number of methoxy groups -OCH3 is 2. The first-order valence-electron chi connectivity index (χ1n) is 9.15. The van der Waals surface area contributed by atoms with Gasteiger partial charge in [-0.15, -0.1) is 0 Å². The van der Waals surface area contributed by atoms with E-state index in [2.05, 4.69) is 33.9 Å². The van der Waals surface area contributed by atoms with Crippen LogP contribution in [0.3, 0.4) is 0 Å². The highest BCUT2D eigenvalue weighted by Gasteiger charge is 2.36. The highest BCUT2D eigenvalue weighted by Crippen LogP contribution is 2.37. The van der Waals surface area contributed by atoms with Gasteiger partial charge in [-0.25, -0.2) is 0 Å². The van der Waals surface area contributed by atoms with Crippen LogP contribution in [0, 0.1) is 0 Å². The second kappa shape index (κ2) is 10.8. The van der Waals surface area contributed by atoms with Gasteiger partial charge < -0.3 is 23.4 Å². The van der Waals surface area contributed by atoms with Crippen molar-refractivity contribution < 1.29 is 28.2 Å². The fraction of sp³-hybridized carbons (Fsp3) is 0.650. The van der Waals surface area contributed by atoms with Gasteiger partial charge in [-0.05, 0) is 48.7 Å². The molecule has 0 atom stereocenters. The predicted octanol–water partition coefficient (Wildman–Crippen LogP) is 4.42. The number of benzene rings is 1. The van der Waals surface area contributed by atoms with Crippen molar-refractivity contribution in [1.29, 1.82) is 0 Å². The number of rotatable bonds is 12. The SMILES string of the molecule is COCOc1cc(C=O)cc(CCCO[Si](C)(C)C(C)(C)C)c1OCOC. The number of aldehydes is 1. The van der Waals surface area contributed by atoms with Crippen LogP contribution in [0.4, 0.5) is 0 Å². The normalized spacial score (nSPS) is 12.1. The van der Waals surface area contributed by atoms with Crippen molar-refractivity contribution in [2.75, 3.05) is 34.4 Å². The first kappa shape index (κ1) is 23.6. The van der Waals surface area contributed by atoms with E-state index in [0.717, 1.165) is 18.3 Å². The monoisotopic (exact) mass is 398 g/mol. The van der Waals surface area contributed by atoms with Crippen LogP contribution in [-0.4, -0.2) is 49.0 Å². The highest BCUT2D eigenvalue weighted by atomic mass is 28.4. The summed E-state index contributed by atoms with van der Waals surface area (Å²) in [4.78, 5) is 11.3. The number of hydrogen-bond donors (Lipinski definition) is 0. The van der Waals surface area contributed by atoms with Gasteiger partial charge >= 0.3 is 0 Å². The molecule has 0 aromatic heterocycles. The van der Waals surface area contributed by atoms with E-state index in [4.69, 9.17) is 23.4 Å². The number of hydrogen-bond acceptors (Lipinski definition) is 6. The van der Waals surface area contributed by atoms with Crippen molar-refractivity contribution >= 4 is 14.6 Å². The zero-order valence-electron chi connectivity index (χ0n) is 17.7. The van der Waals surface area contributed by atoms with Crippen molar-refractivity contribution in [3.8, 4) is 11.5 Å². The van der Waals surface area contributed by atoms with Gasteiger partial charge in [0.2, 0.25) is 0 Å². The summed E-state index contributed by atoms with van der Waals surface area (Å²) >= 11 is 0. The second-order valence-corrected chi connectivity index (χ2v) is 12.7. The minimum atomic E-state index is -1.77. The van der Waals surface area contributed by atoms with Crippen LogP contribution in [0.1, 0.15) is 43.1 Å². The fourth-order valence-corrected chi connectivity index (χ4v) is 3.34. The molecule has 0 fully saturated rings. The van der Waals surface area contributed by atoms with Crippen LogP contribution in [0.5, 0.6) is 11.5 Å². The molecule has 1 aromatic carbocycles. The standard InChI is InChI=1S/C20H34O6Si/c1-20(2,3)27(6,7)26-10-8-9-17-11-16(13-21)12-18(24-14-22-4)19(17)25-15-23-5/h11-13H,8-10,14-15H2,1-7H3. The quantitative estimate of drug-likeness (QED) is 0.225. The number of ether oxygens (including phenoxy) is 4. The molecule has 1 aromatic rings. The molecule has 0 N–H and O–H groups in total. The fourth-order valence-electron chi connectivity index (χ4n) is 2.26. The first-order chi connectivity index (χ1) is 12.7. The third kappa shape index (κ3) is 7.25. The van der Waals surface area contributed by atoms with E-state index in [-0.39, 0.29) is 18.6 Å². The Hall–Kier alpha value is -1.41. The van der Waals surface area contributed by atoms with E-state index in [1.54, 1.807) is 20.3 Å². The summed E-state index contributed by atoms with van der Waals surface area (Å²) in [6.07, 6.45) is 2.33. The Morgan fingerprint density at radius 3 is 2.22 bits per heavy atom. The van der Waals surface area contributed by atoms with E-state index in [9.17, 15) is 4.79 Å². The molecule has 0 heterocycles. The van der Waals surface area contributed by atoms with Gasteiger partial charge in [-0.2, -0.15) is 0 Å². The molecular weight excluding hydrogens is 364 g/mol. The Morgan fingerprint density at radius 2 is 1.67 bits per heavy atom. The second-order valence-electron chi connectivity index (χ2n) is 7.94. The van der Waals surface area contributed by atoms with Crippen LogP contribution in [0.2, 0.25) is 18.1 Å². The van der Waals surface area contributed by atoms with Gasteiger partial charge in [0.1, 0.15) is 6.29 Å². The molecular formula is C20H34O6Si. The Bertz CT molecular complexity index is 595. The largest absolute Gasteiger partial charge is 0.464 e. The van der Waals surface area contributed by atoms with Crippen LogP contribution < -0.4 is 9.47 Å². The molecule has 0 aliphatic rings. The Balaban J connectivity index is 2.91. The molecule has 7 heteroatoms.